The van der Waals surface area contributed by atoms with E-state index in [-0.39, 0.29) is 10.8 Å². The molecular formula is C19H23N3O3S. The second-order valence-corrected chi connectivity index (χ2v) is 8.37. The van der Waals surface area contributed by atoms with Crippen molar-refractivity contribution in [2.45, 2.75) is 30.2 Å². The molecule has 1 aliphatic rings. The molecule has 0 heterocycles. The van der Waals surface area contributed by atoms with Crippen molar-refractivity contribution in [3.63, 3.8) is 0 Å². The van der Waals surface area contributed by atoms with Crippen LogP contribution in [0.25, 0.3) is 0 Å². The lowest BCUT2D eigenvalue weighted by atomic mass is 10.1. The molecule has 0 bridgehead atoms. The van der Waals surface area contributed by atoms with Crippen LogP contribution in [0.2, 0.25) is 0 Å². The smallest absolute Gasteiger partial charge is 0.241 e. The van der Waals surface area contributed by atoms with E-state index in [1.807, 2.05) is 30.3 Å². The Morgan fingerprint density at radius 3 is 2.35 bits per heavy atom. The third kappa shape index (κ3) is 5.14. The topological polar surface area (TPSA) is 101 Å². The second kappa shape index (κ2) is 7.99. The van der Waals surface area contributed by atoms with Crippen LogP contribution in [0.1, 0.15) is 18.4 Å². The first-order chi connectivity index (χ1) is 12.4. The van der Waals surface area contributed by atoms with Gasteiger partial charge in [0, 0.05) is 12.2 Å². The Labute approximate surface area is 153 Å². The van der Waals surface area contributed by atoms with Crippen LogP contribution in [0.5, 0.6) is 0 Å². The maximum Gasteiger partial charge on any atom is 0.241 e. The molecule has 2 aromatic rings. The molecule has 0 unspecified atom stereocenters. The summed E-state index contributed by atoms with van der Waals surface area (Å²) >= 11 is 0. The molecule has 0 radical (unpaired) electrons. The van der Waals surface area contributed by atoms with Crippen molar-refractivity contribution in [1.29, 1.82) is 0 Å². The first-order valence-electron chi connectivity index (χ1n) is 8.64. The Morgan fingerprint density at radius 1 is 1.08 bits per heavy atom. The lowest BCUT2D eigenvalue weighted by Crippen LogP contribution is -2.37. The summed E-state index contributed by atoms with van der Waals surface area (Å²) in [6.45, 7) is 0.481. The number of benzene rings is 2. The van der Waals surface area contributed by atoms with Crippen LogP contribution >= 0.6 is 0 Å². The summed E-state index contributed by atoms with van der Waals surface area (Å²) in [5, 5.41) is 2.72. The average Bonchev–Trinajstić information content (AvgIpc) is 3.46. The van der Waals surface area contributed by atoms with Crippen LogP contribution in [0.4, 0.5) is 5.69 Å². The maximum absolute atomic E-state index is 12.2. The van der Waals surface area contributed by atoms with Crippen molar-refractivity contribution in [3.8, 4) is 0 Å². The van der Waals surface area contributed by atoms with Crippen LogP contribution in [0.3, 0.4) is 0 Å². The molecule has 4 N–H and O–H groups in total. The van der Waals surface area contributed by atoms with Gasteiger partial charge < -0.3 is 11.1 Å². The highest BCUT2D eigenvalue weighted by atomic mass is 32.2. The first-order valence-corrected chi connectivity index (χ1v) is 10.1. The monoisotopic (exact) mass is 373 g/mol. The molecule has 2 aromatic carbocycles. The van der Waals surface area contributed by atoms with E-state index >= 15 is 0 Å². The zero-order valence-corrected chi connectivity index (χ0v) is 15.2. The lowest BCUT2D eigenvalue weighted by Gasteiger charge is -2.13. The van der Waals surface area contributed by atoms with Crippen molar-refractivity contribution in [3.05, 3.63) is 60.2 Å². The number of amides is 1. The number of carbonyl (C=O) groups is 1. The molecule has 1 amide bonds. The van der Waals surface area contributed by atoms with Crippen molar-refractivity contribution in [1.82, 2.24) is 4.72 Å². The maximum atomic E-state index is 12.2. The SMILES string of the molecule is N[C@@H](Cc1ccccc1)C(=O)Nc1ccc(S(=O)(=O)NCC2CC2)cc1. The third-order valence-corrected chi connectivity index (χ3v) is 5.77. The number of nitrogens with one attached hydrogen (secondary N) is 2. The number of hydrogen-bond donors (Lipinski definition) is 3. The third-order valence-electron chi connectivity index (χ3n) is 4.33. The van der Waals surface area contributed by atoms with Gasteiger partial charge in [-0.05, 0) is 55.0 Å². The summed E-state index contributed by atoms with van der Waals surface area (Å²) in [5.74, 6) is 0.158. The minimum atomic E-state index is -3.50. The number of carbonyl (C=O) groups excluding carboxylic acids is 1. The van der Waals surface area contributed by atoms with Gasteiger partial charge in [-0.2, -0.15) is 0 Å². The fourth-order valence-corrected chi connectivity index (χ4v) is 3.66. The highest BCUT2D eigenvalue weighted by Gasteiger charge is 2.24. The highest BCUT2D eigenvalue weighted by Crippen LogP contribution is 2.28. The number of nitrogens with two attached hydrogens (primary N) is 1. The predicted molar refractivity (Wildman–Crippen MR) is 101 cm³/mol. The van der Waals surface area contributed by atoms with Crippen LogP contribution in [-0.4, -0.2) is 26.9 Å². The van der Waals surface area contributed by atoms with Gasteiger partial charge in [-0.15, -0.1) is 0 Å². The van der Waals surface area contributed by atoms with Crippen molar-refractivity contribution < 1.29 is 13.2 Å². The van der Waals surface area contributed by atoms with Gasteiger partial charge in [0.25, 0.3) is 0 Å². The van der Waals surface area contributed by atoms with Gasteiger partial charge in [0.15, 0.2) is 0 Å². The minimum Gasteiger partial charge on any atom is -0.325 e. The van der Waals surface area contributed by atoms with Crippen LogP contribution in [-0.2, 0) is 21.2 Å². The first kappa shape index (κ1) is 18.6. The second-order valence-electron chi connectivity index (χ2n) is 6.61. The summed E-state index contributed by atoms with van der Waals surface area (Å²) in [6.07, 6.45) is 2.59. The van der Waals surface area contributed by atoms with Gasteiger partial charge in [-0.3, -0.25) is 4.79 Å². The van der Waals surface area contributed by atoms with Crippen LogP contribution in [0.15, 0.2) is 59.5 Å². The molecule has 1 aliphatic carbocycles. The molecule has 138 valence electrons. The molecule has 0 spiro atoms. The number of rotatable bonds is 8. The van der Waals surface area contributed by atoms with Crippen LogP contribution in [0, 0.1) is 5.92 Å². The summed E-state index contributed by atoms with van der Waals surface area (Å²) in [7, 11) is -3.50. The molecule has 1 saturated carbocycles. The molecule has 1 fully saturated rings. The largest absolute Gasteiger partial charge is 0.325 e. The van der Waals surface area contributed by atoms with E-state index in [9.17, 15) is 13.2 Å². The van der Waals surface area contributed by atoms with Gasteiger partial charge in [0.05, 0.1) is 10.9 Å². The lowest BCUT2D eigenvalue weighted by molar-refractivity contribution is -0.117. The van der Waals surface area contributed by atoms with E-state index in [1.165, 1.54) is 12.1 Å². The molecule has 0 aliphatic heterocycles. The number of sulfonamides is 1. The molecule has 0 aromatic heterocycles. The van der Waals surface area contributed by atoms with Gasteiger partial charge in [0.2, 0.25) is 15.9 Å². The zero-order valence-electron chi connectivity index (χ0n) is 14.4. The molecule has 1 atom stereocenters. The molecule has 6 nitrogen and oxygen atoms in total. The summed E-state index contributed by atoms with van der Waals surface area (Å²) in [6, 6.07) is 15.0. The van der Waals surface area contributed by atoms with Crippen LogP contribution < -0.4 is 15.8 Å². The van der Waals surface area contributed by atoms with E-state index < -0.39 is 16.1 Å². The molecule has 0 saturated heterocycles. The van der Waals surface area contributed by atoms with Crippen molar-refractivity contribution in [2.24, 2.45) is 11.7 Å². The Kier molecular flexibility index (Phi) is 5.70. The predicted octanol–water partition coefficient (Wildman–Crippen LogP) is 1.88. The molecule has 3 rings (SSSR count). The number of anilines is 1. The van der Waals surface area contributed by atoms with E-state index in [4.69, 9.17) is 5.73 Å². The van der Waals surface area contributed by atoms with Gasteiger partial charge in [0.1, 0.15) is 0 Å². The van der Waals surface area contributed by atoms with Crippen molar-refractivity contribution >= 4 is 21.6 Å². The molecular weight excluding hydrogens is 350 g/mol. The Balaban J connectivity index is 1.57. The van der Waals surface area contributed by atoms with Crippen molar-refractivity contribution in [2.75, 3.05) is 11.9 Å². The standard InChI is InChI=1S/C19H23N3O3S/c20-18(12-14-4-2-1-3-5-14)19(23)22-16-8-10-17(11-9-16)26(24,25)21-13-15-6-7-15/h1-5,8-11,15,18,21H,6-7,12-13,20H2,(H,22,23)/t18-/m0/s1. The fraction of sp³-hybridized carbons (Fsp3) is 0.316. The zero-order chi connectivity index (χ0) is 18.6. The molecule has 7 heteroatoms. The van der Waals surface area contributed by atoms with Gasteiger partial charge >= 0.3 is 0 Å². The normalized spacial score (nSPS) is 15.4. The van der Waals surface area contributed by atoms with Gasteiger partial charge in [-0.1, -0.05) is 30.3 Å². The Bertz CT molecular complexity index is 847. The average molecular weight is 373 g/mol. The van der Waals surface area contributed by atoms with E-state index in [0.717, 1.165) is 18.4 Å². The van der Waals surface area contributed by atoms with E-state index in [2.05, 4.69) is 10.0 Å². The van der Waals surface area contributed by atoms with Gasteiger partial charge in [-0.25, -0.2) is 13.1 Å². The quantitative estimate of drug-likeness (QED) is 0.657. The summed E-state index contributed by atoms with van der Waals surface area (Å²) in [4.78, 5) is 12.4. The molecule has 26 heavy (non-hydrogen) atoms. The summed E-state index contributed by atoms with van der Waals surface area (Å²) in [5.41, 5.74) is 7.45. The fourth-order valence-electron chi connectivity index (χ4n) is 2.55. The van der Waals surface area contributed by atoms with E-state index in [1.54, 1.807) is 12.1 Å². The Morgan fingerprint density at radius 2 is 1.73 bits per heavy atom. The highest BCUT2D eigenvalue weighted by molar-refractivity contribution is 7.89. The summed E-state index contributed by atoms with van der Waals surface area (Å²) < 4.78 is 27.0. The Hall–Kier alpha value is -2.22. The number of hydrogen-bond acceptors (Lipinski definition) is 4. The minimum absolute atomic E-state index is 0.185. The van der Waals surface area contributed by atoms with E-state index in [0.29, 0.717) is 24.6 Å².